The van der Waals surface area contributed by atoms with Crippen LogP contribution >= 0.6 is 0 Å². The predicted octanol–water partition coefficient (Wildman–Crippen LogP) is 6.90. The van der Waals surface area contributed by atoms with Crippen LogP contribution in [0.4, 0.5) is 5.69 Å². The number of allylic oxidation sites excluding steroid dienone is 3. The largest absolute Gasteiger partial charge is 0.390 e. The Labute approximate surface area is 234 Å². The van der Waals surface area contributed by atoms with E-state index in [4.69, 9.17) is 0 Å². The summed E-state index contributed by atoms with van der Waals surface area (Å²) in [6.45, 7) is 10.8. The normalized spacial score (nSPS) is 21.8. The number of carbonyl (C=O) groups is 2. The fourth-order valence-electron chi connectivity index (χ4n) is 5.69. The van der Waals surface area contributed by atoms with Crippen LogP contribution in [0.1, 0.15) is 82.6 Å². The summed E-state index contributed by atoms with van der Waals surface area (Å²) in [7, 11) is 0. The number of hydrogen-bond acceptors (Lipinski definition) is 3. The van der Waals surface area contributed by atoms with Crippen molar-refractivity contribution < 1.29 is 14.7 Å². The van der Waals surface area contributed by atoms with Gasteiger partial charge in [-0.15, -0.1) is 0 Å². The number of nitrogens with one attached hydrogen (secondary N) is 1. The molecule has 0 saturated carbocycles. The fraction of sp³-hybridized carbons (Fsp3) is 0.471. The summed E-state index contributed by atoms with van der Waals surface area (Å²) in [5.74, 6) is -0.314. The molecule has 2 aromatic carbocycles. The third-order valence-corrected chi connectivity index (χ3v) is 7.97. The Morgan fingerprint density at radius 1 is 1.03 bits per heavy atom. The molecule has 5 heteroatoms. The SMILES string of the molecule is CC(C)(O)CCC1=CCC([C@H]2C(C(=O)Nc3cccc(C(C)(C)C)c3)CCCN2C(=O)c2ccccc2)C=C1. The number of hydrogen-bond donors (Lipinski definition) is 2. The number of carbonyl (C=O) groups excluding carboxylic acids is 2. The average Bonchev–Trinajstić information content (AvgIpc) is 2.91. The van der Waals surface area contributed by atoms with Gasteiger partial charge >= 0.3 is 0 Å². The highest BCUT2D eigenvalue weighted by atomic mass is 16.3. The first-order valence-electron chi connectivity index (χ1n) is 14.3. The maximum Gasteiger partial charge on any atom is 0.254 e. The van der Waals surface area contributed by atoms with Crippen LogP contribution in [0.2, 0.25) is 0 Å². The lowest BCUT2D eigenvalue weighted by molar-refractivity contribution is -0.123. The molecule has 208 valence electrons. The number of rotatable bonds is 7. The van der Waals surface area contributed by atoms with Gasteiger partial charge in [-0.3, -0.25) is 9.59 Å². The molecule has 0 aromatic heterocycles. The molecule has 1 fully saturated rings. The average molecular weight is 529 g/mol. The molecule has 2 aliphatic rings. The van der Waals surface area contributed by atoms with Crippen molar-refractivity contribution in [2.24, 2.45) is 11.8 Å². The second-order valence-corrected chi connectivity index (χ2v) is 12.8. The van der Waals surface area contributed by atoms with Crippen LogP contribution in [-0.4, -0.2) is 40.0 Å². The number of nitrogens with zero attached hydrogens (tertiary/aromatic N) is 1. The molecule has 2 unspecified atom stereocenters. The first-order chi connectivity index (χ1) is 18.4. The van der Waals surface area contributed by atoms with E-state index in [1.54, 1.807) is 0 Å². The number of amides is 2. The minimum absolute atomic E-state index is 0.0157. The van der Waals surface area contributed by atoms with Crippen LogP contribution in [-0.2, 0) is 10.2 Å². The lowest BCUT2D eigenvalue weighted by Gasteiger charge is -2.44. The summed E-state index contributed by atoms with van der Waals surface area (Å²) in [4.78, 5) is 29.5. The second-order valence-electron chi connectivity index (χ2n) is 12.8. The fourth-order valence-corrected chi connectivity index (χ4v) is 5.69. The van der Waals surface area contributed by atoms with Gasteiger partial charge in [0.15, 0.2) is 0 Å². The van der Waals surface area contributed by atoms with E-state index in [1.807, 2.05) is 61.2 Å². The molecule has 4 rings (SSSR count). The smallest absolute Gasteiger partial charge is 0.254 e. The van der Waals surface area contributed by atoms with Crippen molar-refractivity contribution in [3.05, 3.63) is 89.5 Å². The highest BCUT2D eigenvalue weighted by Crippen LogP contribution is 2.36. The van der Waals surface area contributed by atoms with Crippen molar-refractivity contribution >= 4 is 17.5 Å². The van der Waals surface area contributed by atoms with Crippen molar-refractivity contribution in [3.8, 4) is 0 Å². The summed E-state index contributed by atoms with van der Waals surface area (Å²) < 4.78 is 0. The van der Waals surface area contributed by atoms with Crippen molar-refractivity contribution in [1.82, 2.24) is 4.90 Å². The van der Waals surface area contributed by atoms with Crippen LogP contribution in [0.15, 0.2) is 78.4 Å². The zero-order valence-corrected chi connectivity index (χ0v) is 24.1. The molecule has 1 aliphatic heterocycles. The highest BCUT2D eigenvalue weighted by Gasteiger charge is 2.42. The summed E-state index contributed by atoms with van der Waals surface area (Å²) in [6.07, 6.45) is 10.3. The maximum atomic E-state index is 13.8. The zero-order chi connectivity index (χ0) is 28.2. The topological polar surface area (TPSA) is 69.6 Å². The van der Waals surface area contributed by atoms with Gasteiger partial charge in [-0.05, 0) is 81.2 Å². The molecular weight excluding hydrogens is 484 g/mol. The molecule has 1 heterocycles. The van der Waals surface area contributed by atoms with Gasteiger partial charge < -0.3 is 15.3 Å². The highest BCUT2D eigenvalue weighted by molar-refractivity contribution is 5.97. The lowest BCUT2D eigenvalue weighted by atomic mass is 9.76. The first kappa shape index (κ1) is 28.8. The Morgan fingerprint density at radius 2 is 1.77 bits per heavy atom. The number of benzene rings is 2. The summed E-state index contributed by atoms with van der Waals surface area (Å²) >= 11 is 0. The van der Waals surface area contributed by atoms with Crippen molar-refractivity contribution in [3.63, 3.8) is 0 Å². The Morgan fingerprint density at radius 3 is 2.41 bits per heavy atom. The molecule has 1 saturated heterocycles. The molecule has 0 bridgehead atoms. The van der Waals surface area contributed by atoms with Gasteiger partial charge in [0.05, 0.1) is 17.6 Å². The van der Waals surface area contributed by atoms with Gasteiger partial charge in [0.25, 0.3) is 5.91 Å². The number of aliphatic hydroxyl groups is 1. The van der Waals surface area contributed by atoms with E-state index in [-0.39, 0.29) is 35.1 Å². The molecule has 3 atom stereocenters. The van der Waals surface area contributed by atoms with Gasteiger partial charge in [0.1, 0.15) is 0 Å². The van der Waals surface area contributed by atoms with Crippen molar-refractivity contribution in [2.75, 3.05) is 11.9 Å². The van der Waals surface area contributed by atoms with Crippen LogP contribution < -0.4 is 5.32 Å². The van der Waals surface area contributed by atoms with E-state index in [9.17, 15) is 14.7 Å². The third-order valence-electron chi connectivity index (χ3n) is 7.97. The van der Waals surface area contributed by atoms with E-state index >= 15 is 0 Å². The van der Waals surface area contributed by atoms with Gasteiger partial charge in [-0.25, -0.2) is 0 Å². The summed E-state index contributed by atoms with van der Waals surface area (Å²) in [6, 6.07) is 17.2. The first-order valence-corrected chi connectivity index (χ1v) is 14.3. The number of likely N-dealkylation sites (tertiary alicyclic amines) is 1. The van der Waals surface area contributed by atoms with E-state index in [0.29, 0.717) is 18.5 Å². The van der Waals surface area contributed by atoms with E-state index in [2.05, 4.69) is 56.4 Å². The quantitative estimate of drug-likeness (QED) is 0.411. The Kier molecular flexibility index (Phi) is 8.80. The molecule has 0 spiro atoms. The Bertz CT molecular complexity index is 1220. The van der Waals surface area contributed by atoms with Crippen molar-refractivity contribution in [2.45, 2.75) is 83.8 Å². The van der Waals surface area contributed by atoms with Crippen LogP contribution in [0.25, 0.3) is 0 Å². The monoisotopic (exact) mass is 528 g/mol. The molecule has 0 radical (unpaired) electrons. The van der Waals surface area contributed by atoms with Crippen LogP contribution in [0.5, 0.6) is 0 Å². The summed E-state index contributed by atoms with van der Waals surface area (Å²) in [5.41, 5.74) is 3.09. The van der Waals surface area contributed by atoms with E-state index < -0.39 is 5.60 Å². The van der Waals surface area contributed by atoms with E-state index in [0.717, 1.165) is 31.4 Å². The Balaban J connectivity index is 1.59. The minimum atomic E-state index is -0.707. The number of piperidine rings is 1. The second kappa shape index (κ2) is 11.9. The molecule has 2 N–H and O–H groups in total. The minimum Gasteiger partial charge on any atom is -0.390 e. The van der Waals surface area contributed by atoms with Crippen molar-refractivity contribution in [1.29, 1.82) is 0 Å². The van der Waals surface area contributed by atoms with Crippen LogP contribution in [0.3, 0.4) is 0 Å². The standard InChI is InChI=1S/C34H44N2O3/c1-33(2,3)27-13-9-14-28(23-27)35-31(37)29-15-10-22-36(32(38)26-11-7-6-8-12-26)30(29)25-18-16-24(17-19-25)20-21-34(4,5)39/h6-9,11-14,16-18,23,25,29-30,39H,10,15,19-22H2,1-5H3,(H,35,37)/t25?,29?,30-/m0/s1. The van der Waals surface area contributed by atoms with Gasteiger partial charge in [-0.2, -0.15) is 0 Å². The molecule has 5 nitrogen and oxygen atoms in total. The maximum absolute atomic E-state index is 13.8. The van der Waals surface area contributed by atoms with E-state index in [1.165, 1.54) is 11.1 Å². The molecule has 1 aliphatic carbocycles. The Hall–Kier alpha value is -3.18. The molecular formula is C34H44N2O3. The third kappa shape index (κ3) is 7.48. The van der Waals surface area contributed by atoms with Gasteiger partial charge in [-0.1, -0.05) is 74.9 Å². The number of anilines is 1. The predicted molar refractivity (Wildman–Crippen MR) is 159 cm³/mol. The lowest BCUT2D eigenvalue weighted by Crippen LogP contribution is -2.55. The summed E-state index contributed by atoms with van der Waals surface area (Å²) in [5, 5.41) is 13.3. The van der Waals surface area contributed by atoms with Gasteiger partial charge in [0, 0.05) is 23.7 Å². The molecule has 2 aromatic rings. The molecule has 2 amide bonds. The zero-order valence-electron chi connectivity index (χ0n) is 24.1. The van der Waals surface area contributed by atoms with Gasteiger partial charge in [0.2, 0.25) is 5.91 Å². The van der Waals surface area contributed by atoms with Crippen LogP contribution in [0, 0.1) is 11.8 Å². The molecule has 39 heavy (non-hydrogen) atoms.